The molecule has 0 radical (unpaired) electrons. The van der Waals surface area contributed by atoms with Crippen LogP contribution in [0.5, 0.6) is 5.75 Å². The Morgan fingerprint density at radius 2 is 1.79 bits per heavy atom. The lowest BCUT2D eigenvalue weighted by molar-refractivity contribution is 0.198. The van der Waals surface area contributed by atoms with Gasteiger partial charge in [-0.2, -0.15) is 0 Å². The largest absolute Gasteiger partial charge is 0.497 e. The van der Waals surface area contributed by atoms with Crippen LogP contribution >= 0.6 is 0 Å². The molecule has 0 bridgehead atoms. The molecule has 1 N–H and O–H groups in total. The summed E-state index contributed by atoms with van der Waals surface area (Å²) in [6.45, 7) is 6.10. The van der Waals surface area contributed by atoms with Gasteiger partial charge in [-0.15, -0.1) is 0 Å². The van der Waals surface area contributed by atoms with E-state index in [1.54, 1.807) is 7.11 Å². The van der Waals surface area contributed by atoms with Gasteiger partial charge < -0.3 is 14.6 Å². The molecule has 5 nitrogen and oxygen atoms in total. The Morgan fingerprint density at radius 3 is 2.55 bits per heavy atom. The Balaban J connectivity index is 1.73. The van der Waals surface area contributed by atoms with E-state index < -0.39 is 0 Å². The summed E-state index contributed by atoms with van der Waals surface area (Å²) < 4.78 is 7.81. The number of aryl methyl sites for hydroxylation is 1. The quantitative estimate of drug-likeness (QED) is 0.467. The van der Waals surface area contributed by atoms with Gasteiger partial charge in [-0.05, 0) is 60.0 Å². The fraction of sp³-hybridized carbons (Fsp3) is 0.250. The molecule has 3 heterocycles. The molecule has 5 heteroatoms. The minimum Gasteiger partial charge on any atom is -0.497 e. The maximum absolute atomic E-state index is 5.59. The fourth-order valence-corrected chi connectivity index (χ4v) is 4.79. The molecule has 1 saturated heterocycles. The number of aromatic nitrogens is 2. The zero-order valence-corrected chi connectivity index (χ0v) is 19.2. The average Bonchev–Trinajstić information content (AvgIpc) is 3.30. The van der Waals surface area contributed by atoms with E-state index in [4.69, 9.17) is 4.74 Å². The van der Waals surface area contributed by atoms with Crippen molar-refractivity contribution < 1.29 is 4.74 Å². The highest BCUT2D eigenvalue weighted by atomic mass is 16.5. The third-order valence-electron chi connectivity index (χ3n) is 6.33. The molecule has 1 atom stereocenters. The summed E-state index contributed by atoms with van der Waals surface area (Å²) in [5.74, 6) is 1.80. The summed E-state index contributed by atoms with van der Waals surface area (Å²) in [5, 5.41) is 3.50. The van der Waals surface area contributed by atoms with Crippen molar-refractivity contribution in [1.29, 1.82) is 0 Å². The van der Waals surface area contributed by atoms with E-state index >= 15 is 0 Å². The van der Waals surface area contributed by atoms with Crippen LogP contribution in [0.15, 0.2) is 85.2 Å². The first-order valence-corrected chi connectivity index (χ1v) is 11.5. The van der Waals surface area contributed by atoms with Crippen molar-refractivity contribution in [3.05, 3.63) is 102 Å². The lowest BCUT2D eigenvalue weighted by Crippen LogP contribution is -2.45. The number of hydrogen-bond donors (Lipinski definition) is 1. The van der Waals surface area contributed by atoms with Gasteiger partial charge in [-0.1, -0.05) is 42.0 Å². The van der Waals surface area contributed by atoms with Gasteiger partial charge in [-0.25, -0.2) is 4.98 Å². The molecule has 2 aromatic carbocycles. The molecule has 33 heavy (non-hydrogen) atoms. The number of nitrogens with zero attached hydrogens (tertiary/aromatic N) is 3. The normalized spacial score (nSPS) is 15.3. The molecule has 2 aromatic heterocycles. The van der Waals surface area contributed by atoms with Gasteiger partial charge in [0.05, 0.1) is 18.8 Å². The van der Waals surface area contributed by atoms with Crippen LogP contribution in [0.1, 0.15) is 22.7 Å². The van der Waals surface area contributed by atoms with Gasteiger partial charge in [-0.3, -0.25) is 4.90 Å². The predicted molar refractivity (Wildman–Crippen MR) is 133 cm³/mol. The minimum absolute atomic E-state index is 0.114. The summed E-state index contributed by atoms with van der Waals surface area (Å²) in [5.41, 5.74) is 6.14. The molecule has 1 aliphatic rings. The molecular weight excluding hydrogens is 408 g/mol. The van der Waals surface area contributed by atoms with E-state index in [0.717, 1.165) is 37.7 Å². The van der Waals surface area contributed by atoms with Gasteiger partial charge in [0.15, 0.2) is 0 Å². The highest BCUT2D eigenvalue weighted by Gasteiger charge is 2.29. The third kappa shape index (κ3) is 4.42. The Hall–Kier alpha value is -3.41. The predicted octanol–water partition coefficient (Wildman–Crippen LogP) is 4.85. The van der Waals surface area contributed by atoms with Crippen molar-refractivity contribution in [3.8, 4) is 22.8 Å². The van der Waals surface area contributed by atoms with Crippen LogP contribution in [0.25, 0.3) is 17.1 Å². The molecule has 0 amide bonds. The molecule has 4 aromatic rings. The van der Waals surface area contributed by atoms with Crippen LogP contribution in [0.3, 0.4) is 0 Å². The van der Waals surface area contributed by atoms with Crippen molar-refractivity contribution in [2.75, 3.05) is 33.3 Å². The zero-order chi connectivity index (χ0) is 22.6. The number of nitrogens with one attached hydrogen (secondary N) is 1. The lowest BCUT2D eigenvalue weighted by atomic mass is 9.93. The molecule has 1 unspecified atom stereocenters. The molecule has 5 rings (SSSR count). The van der Waals surface area contributed by atoms with Gasteiger partial charge >= 0.3 is 0 Å². The Morgan fingerprint density at radius 1 is 0.939 bits per heavy atom. The van der Waals surface area contributed by atoms with E-state index in [2.05, 4.69) is 87.5 Å². The second-order valence-corrected chi connectivity index (χ2v) is 8.51. The monoisotopic (exact) mass is 438 g/mol. The first kappa shape index (κ1) is 21.4. The van der Waals surface area contributed by atoms with Gasteiger partial charge in [0.25, 0.3) is 0 Å². The number of rotatable bonds is 6. The van der Waals surface area contributed by atoms with Crippen LogP contribution in [0, 0.1) is 6.92 Å². The van der Waals surface area contributed by atoms with Crippen LogP contribution < -0.4 is 10.1 Å². The molecule has 0 spiro atoms. The van der Waals surface area contributed by atoms with Gasteiger partial charge in [0, 0.05) is 38.6 Å². The molecule has 1 fully saturated rings. The number of ether oxygens (including phenoxy) is 1. The smallest absolute Gasteiger partial charge is 0.137 e. The SMILES string of the molecule is COc1cccc(C(c2ccn(-c3ccccn3)c2-c2cccc(C)c2)N2CCNCC2)c1. The van der Waals surface area contributed by atoms with E-state index in [1.807, 2.05) is 24.4 Å². The van der Waals surface area contributed by atoms with Crippen molar-refractivity contribution in [1.82, 2.24) is 19.8 Å². The first-order chi connectivity index (χ1) is 16.2. The maximum Gasteiger partial charge on any atom is 0.137 e. The topological polar surface area (TPSA) is 42.3 Å². The highest BCUT2D eigenvalue weighted by Crippen LogP contribution is 2.39. The summed E-state index contributed by atoms with van der Waals surface area (Å²) in [6, 6.07) is 25.7. The maximum atomic E-state index is 5.59. The lowest BCUT2D eigenvalue weighted by Gasteiger charge is -2.36. The first-order valence-electron chi connectivity index (χ1n) is 11.5. The Kier molecular flexibility index (Phi) is 6.24. The van der Waals surface area contributed by atoms with E-state index in [0.29, 0.717) is 0 Å². The number of hydrogen-bond acceptors (Lipinski definition) is 4. The van der Waals surface area contributed by atoms with Gasteiger partial charge in [0.2, 0.25) is 0 Å². The number of methoxy groups -OCH3 is 1. The Bertz CT molecular complexity index is 1210. The average molecular weight is 439 g/mol. The van der Waals surface area contributed by atoms with E-state index in [-0.39, 0.29) is 6.04 Å². The number of benzene rings is 2. The van der Waals surface area contributed by atoms with Crippen molar-refractivity contribution in [3.63, 3.8) is 0 Å². The molecular formula is C28H30N4O. The summed E-state index contributed by atoms with van der Waals surface area (Å²) in [7, 11) is 1.73. The highest BCUT2D eigenvalue weighted by molar-refractivity contribution is 5.69. The van der Waals surface area contributed by atoms with Crippen molar-refractivity contribution in [2.24, 2.45) is 0 Å². The standard InChI is InChI=1S/C28H30N4O/c1-21-7-5-8-22(19-21)28-25(12-16-32(28)26-11-3-4-13-30-26)27(31-17-14-29-15-18-31)23-9-6-10-24(20-23)33-2/h3-13,16,19-20,27,29H,14-15,17-18H2,1-2H3. The summed E-state index contributed by atoms with van der Waals surface area (Å²) >= 11 is 0. The number of pyridine rings is 1. The summed E-state index contributed by atoms with van der Waals surface area (Å²) in [4.78, 5) is 7.23. The van der Waals surface area contributed by atoms with E-state index in [1.165, 1.54) is 27.9 Å². The van der Waals surface area contributed by atoms with Crippen LogP contribution in [-0.2, 0) is 0 Å². The zero-order valence-electron chi connectivity index (χ0n) is 19.2. The Labute approximate surface area is 195 Å². The third-order valence-corrected chi connectivity index (χ3v) is 6.33. The molecule has 0 aliphatic carbocycles. The second kappa shape index (κ2) is 9.61. The van der Waals surface area contributed by atoms with E-state index in [9.17, 15) is 0 Å². The van der Waals surface area contributed by atoms with Crippen LogP contribution in [0.2, 0.25) is 0 Å². The molecule has 168 valence electrons. The summed E-state index contributed by atoms with van der Waals surface area (Å²) in [6.07, 6.45) is 4.01. The second-order valence-electron chi connectivity index (χ2n) is 8.51. The molecule has 1 aliphatic heterocycles. The van der Waals surface area contributed by atoms with Gasteiger partial charge in [0.1, 0.15) is 11.6 Å². The number of piperazine rings is 1. The van der Waals surface area contributed by atoms with Crippen LogP contribution in [0.4, 0.5) is 0 Å². The van der Waals surface area contributed by atoms with Crippen molar-refractivity contribution in [2.45, 2.75) is 13.0 Å². The fourth-order valence-electron chi connectivity index (χ4n) is 4.79. The molecule has 0 saturated carbocycles. The van der Waals surface area contributed by atoms with Crippen molar-refractivity contribution >= 4 is 0 Å². The van der Waals surface area contributed by atoms with Crippen LogP contribution in [-0.4, -0.2) is 47.7 Å². The minimum atomic E-state index is 0.114.